The van der Waals surface area contributed by atoms with E-state index in [4.69, 9.17) is 20.1 Å². The molecule has 0 unspecified atom stereocenters. The summed E-state index contributed by atoms with van der Waals surface area (Å²) in [6.45, 7) is 0.584. The van der Waals surface area contributed by atoms with Crippen LogP contribution in [0.3, 0.4) is 0 Å². The number of alkyl halides is 3. The predicted octanol–water partition coefficient (Wildman–Crippen LogP) is 2.52. The van der Waals surface area contributed by atoms with Crippen molar-refractivity contribution in [3.63, 3.8) is 0 Å². The largest absolute Gasteiger partial charge is 0.490 e. The molecule has 98 valence electrons. The molecule has 0 bridgehead atoms. The van der Waals surface area contributed by atoms with Gasteiger partial charge in [0.15, 0.2) is 0 Å². The second-order valence-corrected chi connectivity index (χ2v) is 3.30. The van der Waals surface area contributed by atoms with Gasteiger partial charge in [0, 0.05) is 11.9 Å². The fraction of sp³-hybridized carbons (Fsp3) is 0.182. The van der Waals surface area contributed by atoms with E-state index in [9.17, 15) is 13.2 Å². The van der Waals surface area contributed by atoms with Crippen LogP contribution in [0.4, 0.5) is 13.2 Å². The van der Waals surface area contributed by atoms with Gasteiger partial charge < -0.3 is 15.3 Å². The average molecular weight is 261 g/mol. The maximum atomic E-state index is 10.6. The SMILES string of the molecule is NCc1ccc2occc2c1.O=C(O)C(F)(F)F. The van der Waals surface area contributed by atoms with Crippen molar-refractivity contribution < 1.29 is 27.5 Å². The number of halogens is 3. The quantitative estimate of drug-likeness (QED) is 0.827. The van der Waals surface area contributed by atoms with Gasteiger partial charge in [-0.15, -0.1) is 0 Å². The van der Waals surface area contributed by atoms with Crippen LogP contribution in [0.25, 0.3) is 11.0 Å². The lowest BCUT2D eigenvalue weighted by Crippen LogP contribution is -2.21. The van der Waals surface area contributed by atoms with Gasteiger partial charge in [0.1, 0.15) is 5.58 Å². The molecule has 0 saturated heterocycles. The van der Waals surface area contributed by atoms with Crippen molar-refractivity contribution in [2.75, 3.05) is 0 Å². The lowest BCUT2D eigenvalue weighted by atomic mass is 10.2. The first-order valence-corrected chi connectivity index (χ1v) is 4.81. The van der Waals surface area contributed by atoms with Gasteiger partial charge in [0.2, 0.25) is 0 Å². The van der Waals surface area contributed by atoms with Crippen molar-refractivity contribution in [1.82, 2.24) is 0 Å². The molecule has 7 heteroatoms. The molecule has 0 atom stereocenters. The van der Waals surface area contributed by atoms with E-state index in [1.807, 2.05) is 24.3 Å². The molecule has 0 fully saturated rings. The summed E-state index contributed by atoms with van der Waals surface area (Å²) in [5, 5.41) is 8.24. The van der Waals surface area contributed by atoms with Crippen LogP contribution in [-0.2, 0) is 11.3 Å². The lowest BCUT2D eigenvalue weighted by molar-refractivity contribution is -0.192. The molecule has 3 N–H and O–H groups in total. The van der Waals surface area contributed by atoms with E-state index in [-0.39, 0.29) is 0 Å². The molecule has 0 aliphatic rings. The third-order valence-electron chi connectivity index (χ3n) is 2.00. The molecule has 1 heterocycles. The second-order valence-electron chi connectivity index (χ2n) is 3.30. The van der Waals surface area contributed by atoms with E-state index >= 15 is 0 Å². The van der Waals surface area contributed by atoms with Crippen molar-refractivity contribution in [1.29, 1.82) is 0 Å². The summed E-state index contributed by atoms with van der Waals surface area (Å²) in [5.74, 6) is -2.76. The van der Waals surface area contributed by atoms with Crippen LogP contribution in [-0.4, -0.2) is 17.3 Å². The Kier molecular flexibility index (Phi) is 4.33. The number of rotatable bonds is 1. The Bertz CT molecular complexity index is 534. The molecular weight excluding hydrogens is 251 g/mol. The number of carboxylic acid groups (broad SMARTS) is 1. The molecule has 1 aromatic carbocycles. The lowest BCUT2D eigenvalue weighted by Gasteiger charge is -1.93. The molecular formula is C11H10F3NO3. The molecule has 0 saturated carbocycles. The maximum Gasteiger partial charge on any atom is 0.490 e. The Labute approximate surface area is 99.8 Å². The summed E-state index contributed by atoms with van der Waals surface area (Å²) < 4.78 is 36.9. The number of nitrogens with two attached hydrogens (primary N) is 1. The topological polar surface area (TPSA) is 76.5 Å². The van der Waals surface area contributed by atoms with Crippen LogP contribution in [0.2, 0.25) is 0 Å². The van der Waals surface area contributed by atoms with E-state index in [1.54, 1.807) is 6.26 Å². The molecule has 2 rings (SSSR count). The third-order valence-corrected chi connectivity index (χ3v) is 2.00. The highest BCUT2D eigenvalue weighted by molar-refractivity contribution is 5.77. The zero-order valence-corrected chi connectivity index (χ0v) is 9.07. The summed E-state index contributed by atoms with van der Waals surface area (Å²) in [5.41, 5.74) is 7.54. The maximum absolute atomic E-state index is 10.6. The number of aliphatic carboxylic acids is 1. The van der Waals surface area contributed by atoms with E-state index in [0.717, 1.165) is 16.5 Å². The number of fused-ring (bicyclic) bond motifs is 1. The molecule has 4 nitrogen and oxygen atoms in total. The van der Waals surface area contributed by atoms with Crippen LogP contribution in [0.1, 0.15) is 5.56 Å². The highest BCUT2D eigenvalue weighted by atomic mass is 19.4. The van der Waals surface area contributed by atoms with Gasteiger partial charge in [-0.1, -0.05) is 6.07 Å². The van der Waals surface area contributed by atoms with Crippen LogP contribution in [0.15, 0.2) is 34.9 Å². The van der Waals surface area contributed by atoms with E-state index in [1.165, 1.54) is 0 Å². The molecule has 2 aromatic rings. The van der Waals surface area contributed by atoms with Crippen molar-refractivity contribution in [2.45, 2.75) is 12.7 Å². The molecule has 0 radical (unpaired) electrons. The Hall–Kier alpha value is -2.02. The number of carboxylic acids is 1. The summed E-state index contributed by atoms with van der Waals surface area (Å²) in [7, 11) is 0. The van der Waals surface area contributed by atoms with E-state index < -0.39 is 12.1 Å². The minimum atomic E-state index is -5.08. The number of hydrogen-bond acceptors (Lipinski definition) is 3. The van der Waals surface area contributed by atoms with Gasteiger partial charge in [0.25, 0.3) is 0 Å². The van der Waals surface area contributed by atoms with Crippen molar-refractivity contribution in [2.24, 2.45) is 5.73 Å². The highest BCUT2D eigenvalue weighted by Crippen LogP contribution is 2.16. The van der Waals surface area contributed by atoms with Crippen molar-refractivity contribution in [3.05, 3.63) is 36.1 Å². The van der Waals surface area contributed by atoms with Crippen LogP contribution < -0.4 is 5.73 Å². The molecule has 18 heavy (non-hydrogen) atoms. The first kappa shape index (κ1) is 14.0. The minimum Gasteiger partial charge on any atom is -0.475 e. The van der Waals surface area contributed by atoms with Gasteiger partial charge in [-0.05, 0) is 23.8 Å². The first-order valence-electron chi connectivity index (χ1n) is 4.81. The molecule has 0 amide bonds. The van der Waals surface area contributed by atoms with Crippen molar-refractivity contribution in [3.8, 4) is 0 Å². The fourth-order valence-corrected chi connectivity index (χ4v) is 1.14. The van der Waals surface area contributed by atoms with E-state index in [2.05, 4.69) is 0 Å². The number of carbonyl (C=O) groups is 1. The normalized spacial score (nSPS) is 10.9. The Morgan fingerprint density at radius 2 is 1.94 bits per heavy atom. The third kappa shape index (κ3) is 3.77. The first-order chi connectivity index (χ1) is 8.34. The van der Waals surface area contributed by atoms with E-state index in [0.29, 0.717) is 6.54 Å². The van der Waals surface area contributed by atoms with Gasteiger partial charge in [-0.2, -0.15) is 13.2 Å². The Morgan fingerprint density at radius 3 is 2.44 bits per heavy atom. The zero-order chi connectivity index (χ0) is 13.8. The molecule has 1 aromatic heterocycles. The monoisotopic (exact) mass is 261 g/mol. The summed E-state index contributed by atoms with van der Waals surface area (Å²) in [4.78, 5) is 8.90. The average Bonchev–Trinajstić information content (AvgIpc) is 2.75. The molecule has 0 spiro atoms. The Morgan fingerprint density at radius 1 is 1.33 bits per heavy atom. The highest BCUT2D eigenvalue weighted by Gasteiger charge is 2.38. The Balaban J connectivity index is 0.000000203. The zero-order valence-electron chi connectivity index (χ0n) is 9.07. The summed E-state index contributed by atoms with van der Waals surface area (Å²) in [6.07, 6.45) is -3.40. The number of benzene rings is 1. The number of hydrogen-bond donors (Lipinski definition) is 2. The standard InChI is InChI=1S/C9H9NO.C2HF3O2/c10-6-7-1-2-9-8(5-7)3-4-11-9;3-2(4,5)1(6)7/h1-5H,6,10H2;(H,6,7). The fourth-order valence-electron chi connectivity index (χ4n) is 1.14. The smallest absolute Gasteiger partial charge is 0.475 e. The van der Waals surface area contributed by atoms with Crippen molar-refractivity contribution >= 4 is 16.9 Å². The van der Waals surface area contributed by atoms with Gasteiger partial charge in [0.05, 0.1) is 6.26 Å². The van der Waals surface area contributed by atoms with Crippen LogP contribution in [0, 0.1) is 0 Å². The van der Waals surface area contributed by atoms with Crippen LogP contribution >= 0.6 is 0 Å². The van der Waals surface area contributed by atoms with Gasteiger partial charge in [-0.3, -0.25) is 0 Å². The summed E-state index contributed by atoms with van der Waals surface area (Å²) in [6, 6.07) is 7.90. The minimum absolute atomic E-state index is 0.584. The molecule has 0 aliphatic carbocycles. The van der Waals surface area contributed by atoms with Gasteiger partial charge >= 0.3 is 12.1 Å². The molecule has 0 aliphatic heterocycles. The predicted molar refractivity (Wildman–Crippen MR) is 57.8 cm³/mol. The summed E-state index contributed by atoms with van der Waals surface area (Å²) >= 11 is 0. The number of furan rings is 1. The van der Waals surface area contributed by atoms with Crippen LogP contribution in [0.5, 0.6) is 0 Å². The van der Waals surface area contributed by atoms with Gasteiger partial charge in [-0.25, -0.2) is 4.79 Å². The second kappa shape index (κ2) is 5.54.